The van der Waals surface area contributed by atoms with Crippen molar-refractivity contribution >= 4 is 5.97 Å². The highest BCUT2D eigenvalue weighted by molar-refractivity contribution is 5.93. The van der Waals surface area contributed by atoms with Gasteiger partial charge >= 0.3 is 5.97 Å². The Morgan fingerprint density at radius 1 is 1.57 bits per heavy atom. The molecular formula is C10H10O4. The average Bonchev–Trinajstić information content (AvgIpc) is 2.62. The minimum Gasteiger partial charge on any atom is -0.496 e. The number of fused-ring (bicyclic) bond motifs is 1. The van der Waals surface area contributed by atoms with Gasteiger partial charge in [0, 0.05) is 12.0 Å². The van der Waals surface area contributed by atoms with Crippen LogP contribution < -0.4 is 9.47 Å². The van der Waals surface area contributed by atoms with Gasteiger partial charge in [0.1, 0.15) is 17.1 Å². The van der Waals surface area contributed by atoms with Crippen LogP contribution in [0.2, 0.25) is 0 Å². The van der Waals surface area contributed by atoms with E-state index in [-0.39, 0.29) is 5.56 Å². The van der Waals surface area contributed by atoms with Gasteiger partial charge in [-0.3, -0.25) is 0 Å². The molecule has 0 fully saturated rings. The molecule has 0 bridgehead atoms. The molecule has 0 aromatic heterocycles. The summed E-state index contributed by atoms with van der Waals surface area (Å²) in [5.74, 6) is 0.0779. The predicted octanol–water partition coefficient (Wildman–Crippen LogP) is 1.33. The molecule has 74 valence electrons. The third-order valence-corrected chi connectivity index (χ3v) is 2.28. The van der Waals surface area contributed by atoms with Gasteiger partial charge < -0.3 is 14.6 Å². The summed E-state index contributed by atoms with van der Waals surface area (Å²) in [6, 6.07) is 3.36. The molecule has 0 aliphatic carbocycles. The zero-order chi connectivity index (χ0) is 10.1. The largest absolute Gasteiger partial charge is 0.496 e. The number of benzene rings is 1. The van der Waals surface area contributed by atoms with E-state index < -0.39 is 5.97 Å². The Balaban J connectivity index is 2.62. The summed E-state index contributed by atoms with van der Waals surface area (Å²) in [5, 5.41) is 9.03. The fourth-order valence-corrected chi connectivity index (χ4v) is 1.66. The van der Waals surface area contributed by atoms with E-state index in [4.69, 9.17) is 14.6 Å². The van der Waals surface area contributed by atoms with Crippen molar-refractivity contribution in [3.05, 3.63) is 23.3 Å². The number of hydrogen-bond acceptors (Lipinski definition) is 3. The van der Waals surface area contributed by atoms with Gasteiger partial charge in [0.05, 0.1) is 13.7 Å². The molecule has 0 spiro atoms. The molecule has 0 atom stereocenters. The second-order valence-electron chi connectivity index (χ2n) is 3.02. The number of carboxylic acids is 1. The lowest BCUT2D eigenvalue weighted by atomic mass is 10.0. The fraction of sp³-hybridized carbons (Fsp3) is 0.300. The van der Waals surface area contributed by atoms with Gasteiger partial charge in [-0.05, 0) is 12.1 Å². The van der Waals surface area contributed by atoms with Crippen LogP contribution in [0.3, 0.4) is 0 Å². The van der Waals surface area contributed by atoms with Crippen LogP contribution in [0, 0.1) is 0 Å². The summed E-state index contributed by atoms with van der Waals surface area (Å²) in [4.78, 5) is 11.0. The number of carbonyl (C=O) groups is 1. The van der Waals surface area contributed by atoms with E-state index in [1.165, 1.54) is 7.11 Å². The zero-order valence-electron chi connectivity index (χ0n) is 7.74. The topological polar surface area (TPSA) is 55.8 Å². The molecule has 14 heavy (non-hydrogen) atoms. The van der Waals surface area contributed by atoms with Gasteiger partial charge in [-0.2, -0.15) is 0 Å². The first-order valence-corrected chi connectivity index (χ1v) is 4.30. The predicted molar refractivity (Wildman–Crippen MR) is 49.2 cm³/mol. The van der Waals surface area contributed by atoms with E-state index >= 15 is 0 Å². The van der Waals surface area contributed by atoms with Crippen molar-refractivity contribution in [2.75, 3.05) is 13.7 Å². The summed E-state index contributed by atoms with van der Waals surface area (Å²) < 4.78 is 10.3. The minimum atomic E-state index is -0.968. The third-order valence-electron chi connectivity index (χ3n) is 2.28. The minimum absolute atomic E-state index is 0.225. The van der Waals surface area contributed by atoms with Gasteiger partial charge in [-0.25, -0.2) is 4.79 Å². The number of carboxylic acid groups (broad SMARTS) is 1. The Labute approximate surface area is 81.1 Å². The number of rotatable bonds is 2. The molecule has 1 aliphatic heterocycles. The van der Waals surface area contributed by atoms with E-state index in [1.54, 1.807) is 12.1 Å². The lowest BCUT2D eigenvalue weighted by Gasteiger charge is -2.08. The Morgan fingerprint density at radius 2 is 2.36 bits per heavy atom. The van der Waals surface area contributed by atoms with Gasteiger partial charge in [0.15, 0.2) is 0 Å². The molecule has 0 radical (unpaired) electrons. The molecule has 2 rings (SSSR count). The lowest BCUT2D eigenvalue weighted by molar-refractivity contribution is 0.0692. The van der Waals surface area contributed by atoms with Crippen LogP contribution in [0.5, 0.6) is 11.5 Å². The van der Waals surface area contributed by atoms with Crippen LogP contribution in [0.4, 0.5) is 0 Å². The molecule has 1 N–H and O–H groups in total. The molecular weight excluding hydrogens is 184 g/mol. The maximum absolute atomic E-state index is 11.0. The number of hydrogen-bond donors (Lipinski definition) is 1. The van der Waals surface area contributed by atoms with Gasteiger partial charge in [0.2, 0.25) is 0 Å². The summed E-state index contributed by atoms with van der Waals surface area (Å²) in [7, 11) is 1.46. The van der Waals surface area contributed by atoms with E-state index in [9.17, 15) is 4.79 Å². The second-order valence-corrected chi connectivity index (χ2v) is 3.02. The van der Waals surface area contributed by atoms with Crippen LogP contribution in [0.15, 0.2) is 12.1 Å². The monoisotopic (exact) mass is 194 g/mol. The maximum atomic E-state index is 11.0. The highest BCUT2D eigenvalue weighted by Gasteiger charge is 2.23. The van der Waals surface area contributed by atoms with E-state index in [0.29, 0.717) is 24.5 Å². The summed E-state index contributed by atoms with van der Waals surface area (Å²) >= 11 is 0. The van der Waals surface area contributed by atoms with Crippen molar-refractivity contribution in [3.8, 4) is 11.5 Å². The Bertz CT molecular complexity index is 384. The average molecular weight is 194 g/mol. The molecule has 1 aromatic rings. The van der Waals surface area contributed by atoms with Gasteiger partial charge in [-0.15, -0.1) is 0 Å². The molecule has 0 amide bonds. The first-order valence-electron chi connectivity index (χ1n) is 4.30. The molecule has 1 heterocycles. The van der Waals surface area contributed by atoms with Crippen LogP contribution in [-0.4, -0.2) is 24.8 Å². The normalized spacial score (nSPS) is 13.2. The first-order chi connectivity index (χ1) is 6.74. The Kier molecular flexibility index (Phi) is 2.04. The van der Waals surface area contributed by atoms with E-state index in [0.717, 1.165) is 5.56 Å². The van der Waals surface area contributed by atoms with E-state index in [2.05, 4.69) is 0 Å². The molecule has 0 saturated heterocycles. The third kappa shape index (κ3) is 1.19. The standard InChI is InChI=1S/C10H10O4/c1-13-8-3-2-7-6(4-5-14-7)9(8)10(11)12/h2-3H,4-5H2,1H3,(H,11,12). The van der Waals surface area contributed by atoms with E-state index in [1.807, 2.05) is 0 Å². The van der Waals surface area contributed by atoms with Crippen LogP contribution in [0.1, 0.15) is 15.9 Å². The Morgan fingerprint density at radius 3 is 3.00 bits per heavy atom. The summed E-state index contributed by atoms with van der Waals surface area (Å²) in [6.07, 6.45) is 0.633. The van der Waals surface area contributed by atoms with Crippen LogP contribution in [0.25, 0.3) is 0 Å². The molecule has 0 saturated carbocycles. The number of ether oxygens (including phenoxy) is 2. The number of aromatic carboxylic acids is 1. The lowest BCUT2D eigenvalue weighted by Crippen LogP contribution is -2.04. The van der Waals surface area contributed by atoms with Gasteiger partial charge in [0.25, 0.3) is 0 Å². The second kappa shape index (κ2) is 3.21. The molecule has 0 unspecified atom stereocenters. The van der Waals surface area contributed by atoms with Crippen molar-refractivity contribution in [3.63, 3.8) is 0 Å². The fourth-order valence-electron chi connectivity index (χ4n) is 1.66. The van der Waals surface area contributed by atoms with Crippen LogP contribution in [-0.2, 0) is 6.42 Å². The zero-order valence-corrected chi connectivity index (χ0v) is 7.74. The Hall–Kier alpha value is -1.71. The molecule has 4 heteroatoms. The van der Waals surface area contributed by atoms with Crippen molar-refractivity contribution < 1.29 is 19.4 Å². The summed E-state index contributed by atoms with van der Waals surface area (Å²) in [5.41, 5.74) is 0.958. The smallest absolute Gasteiger partial charge is 0.339 e. The molecule has 4 nitrogen and oxygen atoms in total. The number of methoxy groups -OCH3 is 1. The maximum Gasteiger partial charge on any atom is 0.339 e. The van der Waals surface area contributed by atoms with Gasteiger partial charge in [-0.1, -0.05) is 0 Å². The first kappa shape index (κ1) is 8.87. The van der Waals surface area contributed by atoms with Crippen LogP contribution >= 0.6 is 0 Å². The molecule has 1 aliphatic rings. The van der Waals surface area contributed by atoms with Crippen molar-refractivity contribution in [2.45, 2.75) is 6.42 Å². The van der Waals surface area contributed by atoms with Crippen molar-refractivity contribution in [1.29, 1.82) is 0 Å². The molecule has 1 aromatic carbocycles. The summed E-state index contributed by atoms with van der Waals surface area (Å²) in [6.45, 7) is 0.544. The van der Waals surface area contributed by atoms with Crippen molar-refractivity contribution in [2.24, 2.45) is 0 Å². The highest BCUT2D eigenvalue weighted by Crippen LogP contribution is 2.34. The quantitative estimate of drug-likeness (QED) is 0.771. The SMILES string of the molecule is COc1ccc2c(c1C(=O)O)CCO2. The van der Waals surface area contributed by atoms with Crippen molar-refractivity contribution in [1.82, 2.24) is 0 Å². The highest BCUT2D eigenvalue weighted by atomic mass is 16.5.